The molecule has 1 fully saturated rings. The predicted molar refractivity (Wildman–Crippen MR) is 101 cm³/mol. The minimum Gasteiger partial charge on any atom is -0.385 e. The van der Waals surface area contributed by atoms with Crippen molar-refractivity contribution in [2.75, 3.05) is 26.8 Å². The average Bonchev–Trinajstić information content (AvgIpc) is 3.02. The fraction of sp³-hybridized carbons (Fsp3) is 0.632. The van der Waals surface area contributed by atoms with Crippen LogP contribution in [0, 0.1) is 5.92 Å². The number of benzene rings is 1. The highest BCUT2D eigenvalue weighted by Crippen LogP contribution is 2.28. The van der Waals surface area contributed by atoms with Crippen LogP contribution in [0.15, 0.2) is 35.2 Å². The number of nitrogens with one attached hydrogen (secondary N) is 1. The van der Waals surface area contributed by atoms with Gasteiger partial charge < -0.3 is 9.64 Å². The van der Waals surface area contributed by atoms with Gasteiger partial charge in [-0.1, -0.05) is 32.0 Å². The molecule has 0 radical (unpaired) electrons. The quantitative estimate of drug-likeness (QED) is 0.712. The molecule has 2 rings (SSSR count). The molecule has 0 spiro atoms. The van der Waals surface area contributed by atoms with E-state index in [1.807, 2.05) is 0 Å². The molecule has 1 heterocycles. The van der Waals surface area contributed by atoms with E-state index in [9.17, 15) is 13.2 Å². The molecule has 146 valence electrons. The number of likely N-dealkylation sites (tertiary alicyclic amines) is 1. The zero-order valence-corrected chi connectivity index (χ0v) is 16.7. The SMILES string of the molecule is COCCC1(NS(=O)(=O)c2ccccc2)CCN(C(=O)CCC(C)C)C1. The van der Waals surface area contributed by atoms with Gasteiger partial charge in [-0.2, -0.15) is 0 Å². The summed E-state index contributed by atoms with van der Waals surface area (Å²) in [6, 6.07) is 8.34. The van der Waals surface area contributed by atoms with E-state index < -0.39 is 15.6 Å². The second kappa shape index (κ2) is 8.97. The molecule has 1 unspecified atom stereocenters. The zero-order chi connectivity index (χ0) is 19.2. The van der Waals surface area contributed by atoms with E-state index in [1.54, 1.807) is 42.3 Å². The highest BCUT2D eigenvalue weighted by Gasteiger charge is 2.42. The molecule has 1 aromatic carbocycles. The number of methoxy groups -OCH3 is 1. The Balaban J connectivity index is 2.13. The van der Waals surface area contributed by atoms with Gasteiger partial charge in [0.05, 0.1) is 10.4 Å². The molecular formula is C19H30N2O4S. The lowest BCUT2D eigenvalue weighted by molar-refractivity contribution is -0.130. The molecular weight excluding hydrogens is 352 g/mol. The number of hydrogen-bond donors (Lipinski definition) is 1. The van der Waals surface area contributed by atoms with Crippen molar-refractivity contribution in [2.45, 2.75) is 50.0 Å². The average molecular weight is 383 g/mol. The van der Waals surface area contributed by atoms with Crippen molar-refractivity contribution in [3.05, 3.63) is 30.3 Å². The van der Waals surface area contributed by atoms with Gasteiger partial charge in [-0.05, 0) is 37.3 Å². The maximum Gasteiger partial charge on any atom is 0.241 e. The molecule has 1 aliphatic heterocycles. The summed E-state index contributed by atoms with van der Waals surface area (Å²) in [5, 5.41) is 0. The van der Waals surface area contributed by atoms with Gasteiger partial charge in [-0.15, -0.1) is 0 Å². The normalized spacial score (nSPS) is 20.7. The summed E-state index contributed by atoms with van der Waals surface area (Å²) in [5.41, 5.74) is -0.682. The van der Waals surface area contributed by atoms with Crippen LogP contribution in [0.2, 0.25) is 0 Å². The highest BCUT2D eigenvalue weighted by molar-refractivity contribution is 7.89. The topological polar surface area (TPSA) is 75.7 Å². The van der Waals surface area contributed by atoms with Crippen LogP contribution >= 0.6 is 0 Å². The van der Waals surface area contributed by atoms with Gasteiger partial charge in [0, 0.05) is 33.2 Å². The first-order valence-corrected chi connectivity index (χ1v) is 10.6. The minimum atomic E-state index is -3.65. The van der Waals surface area contributed by atoms with Crippen molar-refractivity contribution >= 4 is 15.9 Å². The van der Waals surface area contributed by atoms with Gasteiger partial charge in [0.25, 0.3) is 0 Å². The van der Waals surface area contributed by atoms with E-state index in [-0.39, 0.29) is 10.8 Å². The van der Waals surface area contributed by atoms with E-state index in [0.29, 0.717) is 44.9 Å². The van der Waals surface area contributed by atoms with E-state index in [1.165, 1.54) is 0 Å². The molecule has 1 N–H and O–H groups in total. The molecule has 26 heavy (non-hydrogen) atoms. The van der Waals surface area contributed by atoms with E-state index in [2.05, 4.69) is 18.6 Å². The summed E-state index contributed by atoms with van der Waals surface area (Å²) in [6.45, 7) is 5.57. The first kappa shape index (κ1) is 20.9. The van der Waals surface area contributed by atoms with Crippen LogP contribution < -0.4 is 4.72 Å². The lowest BCUT2D eigenvalue weighted by Gasteiger charge is -2.30. The number of sulfonamides is 1. The monoisotopic (exact) mass is 382 g/mol. The van der Waals surface area contributed by atoms with Crippen molar-refractivity contribution in [3.8, 4) is 0 Å². The molecule has 1 saturated heterocycles. The lowest BCUT2D eigenvalue weighted by atomic mass is 9.96. The number of hydrogen-bond acceptors (Lipinski definition) is 4. The van der Waals surface area contributed by atoms with Gasteiger partial charge in [-0.25, -0.2) is 13.1 Å². The summed E-state index contributed by atoms with van der Waals surface area (Å²) >= 11 is 0. The van der Waals surface area contributed by atoms with Crippen molar-refractivity contribution in [1.82, 2.24) is 9.62 Å². The predicted octanol–water partition coefficient (Wildman–Crippen LogP) is 2.41. The first-order chi connectivity index (χ1) is 12.3. The smallest absolute Gasteiger partial charge is 0.241 e. The summed E-state index contributed by atoms with van der Waals surface area (Å²) < 4.78 is 33.6. The Kier molecular flexibility index (Phi) is 7.20. The third kappa shape index (κ3) is 5.53. The summed E-state index contributed by atoms with van der Waals surface area (Å²) in [7, 11) is -2.05. The molecule has 1 aliphatic rings. The van der Waals surface area contributed by atoms with E-state index >= 15 is 0 Å². The molecule has 0 saturated carbocycles. The van der Waals surface area contributed by atoms with Crippen LogP contribution in [-0.2, 0) is 19.6 Å². The molecule has 1 atom stereocenters. The second-order valence-electron chi connectivity index (χ2n) is 7.44. The summed E-state index contributed by atoms with van der Waals surface area (Å²) in [4.78, 5) is 14.5. The van der Waals surface area contributed by atoms with Gasteiger partial charge in [0.15, 0.2) is 0 Å². The van der Waals surface area contributed by atoms with Gasteiger partial charge in [0.1, 0.15) is 0 Å². The Labute approximate surface area is 157 Å². The molecule has 0 aliphatic carbocycles. The third-order valence-electron chi connectivity index (χ3n) is 4.83. The molecule has 1 amide bonds. The van der Waals surface area contributed by atoms with Crippen LogP contribution in [-0.4, -0.2) is 51.6 Å². The van der Waals surface area contributed by atoms with Crippen LogP contribution in [0.1, 0.15) is 39.5 Å². The standard InChI is InChI=1S/C19H30N2O4S/c1-16(2)9-10-18(22)21-13-11-19(15-21,12-14-25-3)20-26(23,24)17-7-5-4-6-8-17/h4-8,16,20H,9-15H2,1-3H3. The summed E-state index contributed by atoms with van der Waals surface area (Å²) in [6.07, 6.45) is 2.47. The first-order valence-electron chi connectivity index (χ1n) is 9.14. The number of carbonyl (C=O) groups is 1. The fourth-order valence-corrected chi connectivity index (χ4v) is 4.71. The van der Waals surface area contributed by atoms with Gasteiger partial charge >= 0.3 is 0 Å². The molecule has 7 heteroatoms. The molecule has 1 aromatic rings. The Morgan fingerprint density at radius 1 is 1.31 bits per heavy atom. The Bertz CT molecular complexity index is 691. The number of ether oxygens (including phenoxy) is 1. The van der Waals surface area contributed by atoms with Crippen molar-refractivity contribution < 1.29 is 17.9 Å². The maximum atomic E-state index is 12.8. The molecule has 6 nitrogen and oxygen atoms in total. The van der Waals surface area contributed by atoms with E-state index in [4.69, 9.17) is 4.74 Å². The van der Waals surface area contributed by atoms with Crippen LogP contribution in [0.5, 0.6) is 0 Å². The Hall–Kier alpha value is -1.44. The van der Waals surface area contributed by atoms with E-state index in [0.717, 1.165) is 6.42 Å². The number of rotatable bonds is 9. The molecule has 0 aromatic heterocycles. The van der Waals surface area contributed by atoms with Gasteiger partial charge in [-0.3, -0.25) is 4.79 Å². The summed E-state index contributed by atoms with van der Waals surface area (Å²) in [5.74, 6) is 0.563. The number of amides is 1. The van der Waals surface area contributed by atoms with Crippen molar-refractivity contribution in [2.24, 2.45) is 5.92 Å². The number of nitrogens with zero attached hydrogens (tertiary/aromatic N) is 1. The van der Waals surface area contributed by atoms with Crippen LogP contribution in [0.4, 0.5) is 0 Å². The largest absolute Gasteiger partial charge is 0.385 e. The second-order valence-corrected chi connectivity index (χ2v) is 9.12. The minimum absolute atomic E-state index is 0.0944. The van der Waals surface area contributed by atoms with Crippen LogP contribution in [0.25, 0.3) is 0 Å². The Morgan fingerprint density at radius 3 is 2.62 bits per heavy atom. The fourth-order valence-electron chi connectivity index (χ4n) is 3.24. The lowest BCUT2D eigenvalue weighted by Crippen LogP contribution is -2.51. The maximum absolute atomic E-state index is 12.8. The Morgan fingerprint density at radius 2 is 2.00 bits per heavy atom. The van der Waals surface area contributed by atoms with Crippen LogP contribution in [0.3, 0.4) is 0 Å². The number of carbonyl (C=O) groups excluding carboxylic acids is 1. The van der Waals surface area contributed by atoms with Crippen molar-refractivity contribution in [3.63, 3.8) is 0 Å². The third-order valence-corrected chi connectivity index (χ3v) is 6.43. The van der Waals surface area contributed by atoms with Crippen molar-refractivity contribution in [1.29, 1.82) is 0 Å². The van der Waals surface area contributed by atoms with Gasteiger partial charge in [0.2, 0.25) is 15.9 Å². The zero-order valence-electron chi connectivity index (χ0n) is 15.9. The highest BCUT2D eigenvalue weighted by atomic mass is 32.2. The molecule has 0 bridgehead atoms.